The Morgan fingerprint density at radius 1 is 1.04 bits per heavy atom. The molecule has 0 aliphatic heterocycles. The second-order valence-corrected chi connectivity index (χ2v) is 6.53. The van der Waals surface area contributed by atoms with Crippen molar-refractivity contribution < 1.29 is 9.53 Å². The van der Waals surface area contributed by atoms with Crippen LogP contribution in [0.25, 0.3) is 0 Å². The van der Waals surface area contributed by atoms with Crippen LogP contribution >= 0.6 is 0 Å². The Labute approximate surface area is 143 Å². The smallest absolute Gasteiger partial charge is 0.313 e. The van der Waals surface area contributed by atoms with Crippen molar-refractivity contribution in [2.45, 2.75) is 32.2 Å². The van der Waals surface area contributed by atoms with Crippen LogP contribution < -0.4 is 0 Å². The Morgan fingerprint density at radius 2 is 1.58 bits per heavy atom. The van der Waals surface area contributed by atoms with Crippen LogP contribution in [0.4, 0.5) is 0 Å². The lowest BCUT2D eigenvalue weighted by molar-refractivity contribution is -0.152. The molecule has 0 spiro atoms. The van der Waals surface area contributed by atoms with Crippen LogP contribution in [0.15, 0.2) is 65.7 Å². The lowest BCUT2D eigenvalue weighted by atomic mass is 9.84. The zero-order valence-corrected chi connectivity index (χ0v) is 14.2. The van der Waals surface area contributed by atoms with E-state index in [0.717, 1.165) is 36.1 Å². The Morgan fingerprint density at radius 3 is 2.08 bits per heavy atom. The number of benzene rings is 2. The maximum absolute atomic E-state index is 12.3. The lowest BCUT2D eigenvalue weighted by Crippen LogP contribution is -2.36. The summed E-state index contributed by atoms with van der Waals surface area (Å²) in [5.41, 5.74) is 2.55. The molecule has 3 rings (SSSR count). The molecule has 0 bridgehead atoms. The van der Waals surface area contributed by atoms with Crippen molar-refractivity contribution in [2.24, 2.45) is 10.4 Å². The molecule has 0 heterocycles. The van der Waals surface area contributed by atoms with E-state index >= 15 is 0 Å². The number of aliphatic imine (C=N–C) groups is 1. The zero-order valence-electron chi connectivity index (χ0n) is 14.2. The van der Waals surface area contributed by atoms with Crippen molar-refractivity contribution in [3.8, 4) is 0 Å². The van der Waals surface area contributed by atoms with E-state index < -0.39 is 5.41 Å². The molecule has 24 heavy (non-hydrogen) atoms. The fourth-order valence-electron chi connectivity index (χ4n) is 3.49. The third kappa shape index (κ3) is 3.12. The molecule has 0 saturated heterocycles. The van der Waals surface area contributed by atoms with Gasteiger partial charge in [0.2, 0.25) is 0 Å². The van der Waals surface area contributed by atoms with Gasteiger partial charge in [-0.3, -0.25) is 9.79 Å². The number of nitrogens with zero attached hydrogens (tertiary/aromatic N) is 1. The molecule has 124 valence electrons. The van der Waals surface area contributed by atoms with Gasteiger partial charge in [-0.25, -0.2) is 0 Å². The molecule has 2 atom stereocenters. The Balaban J connectivity index is 2.06. The Kier molecular flexibility index (Phi) is 4.79. The van der Waals surface area contributed by atoms with E-state index in [-0.39, 0.29) is 12.0 Å². The lowest BCUT2D eigenvalue weighted by Gasteiger charge is -2.26. The van der Waals surface area contributed by atoms with Crippen molar-refractivity contribution in [3.05, 3.63) is 71.8 Å². The van der Waals surface area contributed by atoms with Crippen molar-refractivity contribution >= 4 is 11.7 Å². The fourth-order valence-corrected chi connectivity index (χ4v) is 3.49. The molecule has 2 unspecified atom stereocenters. The molecule has 2 aromatic rings. The standard InChI is InChI=1S/C21H23NO2/c1-21(20(23)24-2)15-9-14-18(21)22-19(16-10-5-3-6-11-16)17-12-7-4-8-13-17/h3-8,10-13,18H,9,14-15H2,1-2H3. The van der Waals surface area contributed by atoms with E-state index in [1.807, 2.05) is 43.3 Å². The first-order valence-electron chi connectivity index (χ1n) is 8.42. The average molecular weight is 321 g/mol. The second kappa shape index (κ2) is 7.00. The molecule has 1 aliphatic carbocycles. The molecule has 0 aromatic heterocycles. The molecule has 1 saturated carbocycles. The minimum atomic E-state index is -0.538. The maximum Gasteiger partial charge on any atom is 0.313 e. The Hall–Kier alpha value is -2.42. The van der Waals surface area contributed by atoms with Crippen molar-refractivity contribution in [1.82, 2.24) is 0 Å². The normalized spacial score (nSPS) is 22.8. The summed E-state index contributed by atoms with van der Waals surface area (Å²) >= 11 is 0. The van der Waals surface area contributed by atoms with Gasteiger partial charge in [-0.2, -0.15) is 0 Å². The summed E-state index contributed by atoms with van der Waals surface area (Å²) < 4.78 is 5.05. The van der Waals surface area contributed by atoms with Crippen LogP contribution in [-0.2, 0) is 9.53 Å². The van der Waals surface area contributed by atoms with Gasteiger partial charge in [0.1, 0.15) is 0 Å². The highest BCUT2D eigenvalue weighted by molar-refractivity contribution is 6.13. The number of rotatable bonds is 4. The fraction of sp³-hybridized carbons (Fsp3) is 0.333. The van der Waals surface area contributed by atoms with E-state index in [1.54, 1.807) is 0 Å². The summed E-state index contributed by atoms with van der Waals surface area (Å²) in [6, 6.07) is 20.3. The van der Waals surface area contributed by atoms with Gasteiger partial charge in [-0.15, -0.1) is 0 Å². The van der Waals surface area contributed by atoms with Crippen LogP contribution in [-0.4, -0.2) is 24.8 Å². The SMILES string of the molecule is COC(=O)C1(C)CCCC1N=C(c1ccccc1)c1ccccc1. The molecule has 2 aromatic carbocycles. The zero-order chi connectivity index (χ0) is 17.0. The third-order valence-electron chi connectivity index (χ3n) is 4.94. The summed E-state index contributed by atoms with van der Waals surface area (Å²) in [6.45, 7) is 1.98. The van der Waals surface area contributed by atoms with Gasteiger partial charge in [-0.05, 0) is 19.8 Å². The molecule has 1 fully saturated rings. The van der Waals surface area contributed by atoms with E-state index in [2.05, 4.69) is 24.3 Å². The van der Waals surface area contributed by atoms with Crippen molar-refractivity contribution in [3.63, 3.8) is 0 Å². The quantitative estimate of drug-likeness (QED) is 0.623. The molecule has 3 nitrogen and oxygen atoms in total. The highest BCUT2D eigenvalue weighted by atomic mass is 16.5. The summed E-state index contributed by atoms with van der Waals surface area (Å²) in [4.78, 5) is 17.4. The summed E-state index contributed by atoms with van der Waals surface area (Å²) in [7, 11) is 1.46. The van der Waals surface area contributed by atoms with E-state index in [0.29, 0.717) is 0 Å². The number of methoxy groups -OCH3 is 1. The topological polar surface area (TPSA) is 38.7 Å². The largest absolute Gasteiger partial charge is 0.469 e. The summed E-state index contributed by atoms with van der Waals surface area (Å²) in [5, 5.41) is 0. The highest BCUT2D eigenvalue weighted by Gasteiger charge is 2.46. The molecule has 1 aliphatic rings. The summed E-state index contributed by atoms with van der Waals surface area (Å²) in [6.07, 6.45) is 2.73. The minimum Gasteiger partial charge on any atom is -0.469 e. The summed E-state index contributed by atoms with van der Waals surface area (Å²) in [5.74, 6) is -0.158. The van der Waals surface area contributed by atoms with Crippen molar-refractivity contribution in [2.75, 3.05) is 7.11 Å². The van der Waals surface area contributed by atoms with E-state index in [9.17, 15) is 4.79 Å². The van der Waals surface area contributed by atoms with Crippen LogP contribution in [0.3, 0.4) is 0 Å². The molecular weight excluding hydrogens is 298 g/mol. The van der Waals surface area contributed by atoms with Gasteiger partial charge in [0.15, 0.2) is 0 Å². The van der Waals surface area contributed by atoms with Crippen molar-refractivity contribution in [1.29, 1.82) is 0 Å². The van der Waals surface area contributed by atoms with E-state index in [4.69, 9.17) is 9.73 Å². The van der Waals surface area contributed by atoms with Gasteiger partial charge >= 0.3 is 5.97 Å². The molecule has 0 N–H and O–H groups in total. The van der Waals surface area contributed by atoms with Gasteiger partial charge in [0, 0.05) is 11.1 Å². The average Bonchev–Trinajstić information content (AvgIpc) is 3.02. The Bertz CT molecular complexity index is 683. The molecule has 0 amide bonds. The maximum atomic E-state index is 12.3. The first-order valence-corrected chi connectivity index (χ1v) is 8.42. The number of esters is 1. The predicted molar refractivity (Wildman–Crippen MR) is 96.3 cm³/mol. The van der Waals surface area contributed by atoms with Gasteiger partial charge in [0.25, 0.3) is 0 Å². The number of hydrogen-bond donors (Lipinski definition) is 0. The highest BCUT2D eigenvalue weighted by Crippen LogP contribution is 2.41. The number of carbonyl (C=O) groups is 1. The first-order chi connectivity index (χ1) is 11.6. The number of hydrogen-bond acceptors (Lipinski definition) is 3. The van der Waals surface area contributed by atoms with Crippen LogP contribution in [0.1, 0.15) is 37.3 Å². The number of ether oxygens (including phenoxy) is 1. The molecular formula is C21H23NO2. The minimum absolute atomic E-state index is 0.0552. The van der Waals surface area contributed by atoms with Gasteiger partial charge in [-0.1, -0.05) is 67.1 Å². The number of carbonyl (C=O) groups excluding carboxylic acids is 1. The third-order valence-corrected chi connectivity index (χ3v) is 4.94. The molecule has 0 radical (unpaired) electrons. The predicted octanol–water partition coefficient (Wildman–Crippen LogP) is 4.26. The van der Waals surface area contributed by atoms with E-state index in [1.165, 1.54) is 7.11 Å². The first kappa shape index (κ1) is 16.4. The van der Waals surface area contributed by atoms with Gasteiger partial charge in [0.05, 0.1) is 24.3 Å². The van der Waals surface area contributed by atoms with Gasteiger partial charge < -0.3 is 4.74 Å². The second-order valence-electron chi connectivity index (χ2n) is 6.53. The van der Waals surface area contributed by atoms with Crippen LogP contribution in [0.5, 0.6) is 0 Å². The molecule has 3 heteroatoms. The van der Waals surface area contributed by atoms with Crippen LogP contribution in [0.2, 0.25) is 0 Å². The van der Waals surface area contributed by atoms with Crippen LogP contribution in [0, 0.1) is 5.41 Å². The monoisotopic (exact) mass is 321 g/mol.